The number of benzene rings is 2. The van der Waals surface area contributed by atoms with E-state index >= 15 is 0 Å². The van der Waals surface area contributed by atoms with Crippen LogP contribution in [0.1, 0.15) is 22.5 Å². The summed E-state index contributed by atoms with van der Waals surface area (Å²) < 4.78 is 2.00. The average molecular weight is 345 g/mol. The average Bonchev–Trinajstić information content (AvgIpc) is 3.15. The summed E-state index contributed by atoms with van der Waals surface area (Å²) in [5, 5.41) is 4.30. The number of aromatic nitrogens is 3. The molecule has 25 heavy (non-hydrogen) atoms. The first kappa shape index (κ1) is 15.5. The lowest BCUT2D eigenvalue weighted by molar-refractivity contribution is 0.925. The Morgan fingerprint density at radius 3 is 2.44 bits per heavy atom. The van der Waals surface area contributed by atoms with E-state index in [4.69, 9.17) is 0 Å². The Labute approximate surface area is 148 Å². The van der Waals surface area contributed by atoms with Crippen LogP contribution < -0.4 is 10.1 Å². The Kier molecular flexibility index (Phi) is 3.99. The summed E-state index contributed by atoms with van der Waals surface area (Å²) in [6.07, 6.45) is 5.63. The van der Waals surface area contributed by atoms with E-state index in [-0.39, 0.29) is 5.56 Å². The van der Waals surface area contributed by atoms with E-state index in [2.05, 4.69) is 29.1 Å². The van der Waals surface area contributed by atoms with Gasteiger partial charge in [-0.1, -0.05) is 77.6 Å². The van der Waals surface area contributed by atoms with Crippen LogP contribution in [-0.2, 0) is 0 Å². The number of hydrogen-bond donors (Lipinski definition) is 0. The first-order chi connectivity index (χ1) is 12.2. The van der Waals surface area contributed by atoms with Crippen molar-refractivity contribution < 1.29 is 0 Å². The highest BCUT2D eigenvalue weighted by atomic mass is 32.1. The van der Waals surface area contributed by atoms with Crippen LogP contribution in [0.3, 0.4) is 0 Å². The van der Waals surface area contributed by atoms with Gasteiger partial charge in [0.1, 0.15) is 0 Å². The fourth-order valence-corrected chi connectivity index (χ4v) is 3.38. The van der Waals surface area contributed by atoms with Crippen molar-refractivity contribution in [3.05, 3.63) is 92.0 Å². The van der Waals surface area contributed by atoms with E-state index in [9.17, 15) is 4.79 Å². The fourth-order valence-electron chi connectivity index (χ4n) is 2.47. The molecule has 0 fully saturated rings. The zero-order valence-electron chi connectivity index (χ0n) is 13.6. The lowest BCUT2D eigenvalue weighted by atomic mass is 10.1. The van der Waals surface area contributed by atoms with Crippen molar-refractivity contribution in [3.63, 3.8) is 0 Å². The number of nitrogens with zero attached hydrogens (tertiary/aromatic N) is 3. The van der Waals surface area contributed by atoms with E-state index in [0.717, 1.165) is 11.1 Å². The molecule has 0 atom stereocenters. The molecule has 2 aromatic heterocycles. The Bertz CT molecular complexity index is 1160. The van der Waals surface area contributed by atoms with E-state index in [1.165, 1.54) is 21.4 Å². The van der Waals surface area contributed by atoms with Crippen LogP contribution in [0.4, 0.5) is 0 Å². The third kappa shape index (κ3) is 3.27. The Hall–Kier alpha value is -3.05. The Morgan fingerprint density at radius 1 is 0.960 bits per heavy atom. The molecule has 0 radical (unpaired) electrons. The lowest BCUT2D eigenvalue weighted by Crippen LogP contribution is -2.23. The van der Waals surface area contributed by atoms with Crippen molar-refractivity contribution in [2.75, 3.05) is 0 Å². The van der Waals surface area contributed by atoms with Gasteiger partial charge < -0.3 is 0 Å². The first-order valence-electron chi connectivity index (χ1n) is 7.90. The van der Waals surface area contributed by atoms with Gasteiger partial charge in [0.15, 0.2) is 5.82 Å². The maximum absolute atomic E-state index is 12.5. The molecule has 0 N–H and O–H groups in total. The summed E-state index contributed by atoms with van der Waals surface area (Å²) in [4.78, 5) is 17.5. The maximum atomic E-state index is 12.5. The quantitative estimate of drug-likeness (QED) is 0.573. The van der Waals surface area contributed by atoms with Gasteiger partial charge in [-0.05, 0) is 30.2 Å². The van der Waals surface area contributed by atoms with Gasteiger partial charge in [0, 0.05) is 0 Å². The minimum atomic E-state index is -0.133. The van der Waals surface area contributed by atoms with E-state index in [0.29, 0.717) is 15.3 Å². The minimum absolute atomic E-state index is 0.133. The highest BCUT2D eigenvalue weighted by molar-refractivity contribution is 7.15. The molecule has 0 amide bonds. The molecule has 0 saturated heterocycles. The first-order valence-corrected chi connectivity index (χ1v) is 8.72. The van der Waals surface area contributed by atoms with Gasteiger partial charge in [-0.25, -0.2) is 0 Å². The topological polar surface area (TPSA) is 47.3 Å². The van der Waals surface area contributed by atoms with E-state index in [1.54, 1.807) is 0 Å². The van der Waals surface area contributed by atoms with Crippen LogP contribution in [0, 0.1) is 6.92 Å². The second kappa shape index (κ2) is 6.45. The predicted octanol–water partition coefficient (Wildman–Crippen LogP) is 3.18. The summed E-state index contributed by atoms with van der Waals surface area (Å²) in [5.74, 6) is 0.537. The molecule has 0 bridgehead atoms. The predicted molar refractivity (Wildman–Crippen MR) is 102 cm³/mol. The smallest absolute Gasteiger partial charge is 0.266 e. The fraction of sp³-hybridized carbons (Fsp3) is 0.0500. The number of thiazole rings is 1. The van der Waals surface area contributed by atoms with Gasteiger partial charge in [-0.15, -0.1) is 5.10 Å². The molecule has 0 unspecified atom stereocenters. The zero-order valence-corrected chi connectivity index (χ0v) is 14.4. The molecular formula is C20H15N3OS. The van der Waals surface area contributed by atoms with Gasteiger partial charge in [0.2, 0.25) is 4.96 Å². The van der Waals surface area contributed by atoms with Gasteiger partial charge in [-0.3, -0.25) is 4.79 Å². The van der Waals surface area contributed by atoms with Crippen LogP contribution in [0.25, 0.3) is 23.2 Å². The van der Waals surface area contributed by atoms with Crippen molar-refractivity contribution in [1.82, 2.24) is 14.6 Å². The largest absolute Gasteiger partial charge is 0.291 e. The summed E-state index contributed by atoms with van der Waals surface area (Å²) in [7, 11) is 0. The molecule has 122 valence electrons. The second-order valence-electron chi connectivity index (χ2n) is 5.73. The van der Waals surface area contributed by atoms with Crippen LogP contribution in [0.5, 0.6) is 0 Å². The van der Waals surface area contributed by atoms with Gasteiger partial charge >= 0.3 is 0 Å². The zero-order chi connectivity index (χ0) is 17.2. The van der Waals surface area contributed by atoms with Crippen molar-refractivity contribution in [1.29, 1.82) is 0 Å². The number of aryl methyl sites for hydroxylation is 1. The van der Waals surface area contributed by atoms with Crippen LogP contribution in [0.2, 0.25) is 0 Å². The van der Waals surface area contributed by atoms with Crippen LogP contribution in [0.15, 0.2) is 59.4 Å². The van der Waals surface area contributed by atoms with Crippen molar-refractivity contribution in [2.24, 2.45) is 0 Å². The SMILES string of the molecule is Cc1ccc(C=Cc2nc3sc(=Cc4ccccc4)c(=O)n3n2)cc1. The summed E-state index contributed by atoms with van der Waals surface area (Å²) in [5.41, 5.74) is 3.15. The summed E-state index contributed by atoms with van der Waals surface area (Å²) in [6, 6.07) is 18.0. The molecule has 4 nitrogen and oxygen atoms in total. The Balaban J connectivity index is 1.67. The molecule has 0 aliphatic carbocycles. The van der Waals surface area contributed by atoms with Gasteiger partial charge in [0.05, 0.1) is 4.53 Å². The molecule has 5 heteroatoms. The van der Waals surface area contributed by atoms with Crippen molar-refractivity contribution in [3.8, 4) is 0 Å². The summed E-state index contributed by atoms with van der Waals surface area (Å²) >= 11 is 1.35. The third-order valence-electron chi connectivity index (χ3n) is 3.80. The maximum Gasteiger partial charge on any atom is 0.291 e. The van der Waals surface area contributed by atoms with Gasteiger partial charge in [0.25, 0.3) is 5.56 Å². The number of hydrogen-bond acceptors (Lipinski definition) is 4. The highest BCUT2D eigenvalue weighted by Crippen LogP contribution is 2.09. The highest BCUT2D eigenvalue weighted by Gasteiger charge is 2.08. The standard InChI is InChI=1S/C20H15N3OS/c1-14-7-9-15(10-8-14)11-12-18-21-20-23(22-18)19(24)17(25-20)13-16-5-3-2-4-6-16/h2-13H,1H3. The molecule has 0 aliphatic rings. The molecule has 0 saturated carbocycles. The van der Waals surface area contributed by atoms with E-state index in [1.807, 2.05) is 60.7 Å². The molecule has 2 heterocycles. The monoisotopic (exact) mass is 345 g/mol. The molecule has 4 aromatic rings. The molecular weight excluding hydrogens is 330 g/mol. The molecule has 0 spiro atoms. The van der Waals surface area contributed by atoms with Crippen LogP contribution >= 0.6 is 11.3 Å². The number of fused-ring (bicyclic) bond motifs is 1. The third-order valence-corrected chi connectivity index (χ3v) is 4.76. The van der Waals surface area contributed by atoms with E-state index < -0.39 is 0 Å². The minimum Gasteiger partial charge on any atom is -0.266 e. The van der Waals surface area contributed by atoms with Crippen LogP contribution in [-0.4, -0.2) is 14.6 Å². The normalized spacial score (nSPS) is 12.4. The van der Waals surface area contributed by atoms with Crippen molar-refractivity contribution in [2.45, 2.75) is 6.92 Å². The van der Waals surface area contributed by atoms with Gasteiger partial charge in [-0.2, -0.15) is 9.50 Å². The molecule has 4 rings (SSSR count). The molecule has 0 aliphatic heterocycles. The lowest BCUT2D eigenvalue weighted by Gasteiger charge is -1.93. The number of rotatable bonds is 3. The second-order valence-corrected chi connectivity index (χ2v) is 6.74. The van der Waals surface area contributed by atoms with Crippen molar-refractivity contribution >= 4 is 34.5 Å². The summed E-state index contributed by atoms with van der Waals surface area (Å²) in [6.45, 7) is 2.05. The molecule has 2 aromatic carbocycles. The Morgan fingerprint density at radius 2 is 1.72 bits per heavy atom.